The molecule has 116 valence electrons. The average molecular weight is 293 g/mol. The number of carbonyl (C=O) groups is 1. The predicted octanol–water partition coefficient (Wildman–Crippen LogP) is 0.501. The molecule has 3 rings (SSSR count). The van der Waals surface area contributed by atoms with Crippen LogP contribution in [-0.2, 0) is 4.74 Å². The van der Waals surface area contributed by atoms with Crippen molar-refractivity contribution in [1.29, 1.82) is 0 Å². The second kappa shape index (κ2) is 6.11. The predicted molar refractivity (Wildman–Crippen MR) is 77.1 cm³/mol. The minimum atomic E-state index is -0.201. The molecule has 0 atom stereocenters. The van der Waals surface area contributed by atoms with E-state index in [2.05, 4.69) is 27.9 Å². The number of aromatic nitrogens is 3. The first-order valence-corrected chi connectivity index (χ1v) is 7.69. The fraction of sp³-hybridized carbons (Fsp3) is 0.786. The minimum Gasteiger partial charge on any atom is -0.381 e. The minimum absolute atomic E-state index is 0.139. The van der Waals surface area contributed by atoms with Crippen LogP contribution in [0.25, 0.3) is 0 Å². The third-order valence-electron chi connectivity index (χ3n) is 4.44. The van der Waals surface area contributed by atoms with Crippen LogP contribution in [-0.4, -0.2) is 52.7 Å². The number of amides is 1. The van der Waals surface area contributed by atoms with Crippen molar-refractivity contribution in [2.75, 3.05) is 26.3 Å². The maximum absolute atomic E-state index is 12.3. The van der Waals surface area contributed by atoms with E-state index in [1.165, 1.54) is 0 Å². The zero-order valence-corrected chi connectivity index (χ0v) is 12.5. The Balaban J connectivity index is 1.63. The second-order valence-electron chi connectivity index (χ2n) is 6.19. The summed E-state index contributed by atoms with van der Waals surface area (Å²) in [5.41, 5.74) is 0.203. The lowest BCUT2D eigenvalue weighted by molar-refractivity contribution is 0.0421. The molecule has 7 heteroatoms. The van der Waals surface area contributed by atoms with Crippen molar-refractivity contribution in [1.82, 2.24) is 25.6 Å². The molecule has 1 aromatic rings. The highest BCUT2D eigenvalue weighted by Crippen LogP contribution is 2.21. The molecule has 7 nitrogen and oxygen atoms in total. The van der Waals surface area contributed by atoms with E-state index in [4.69, 9.17) is 4.74 Å². The molecule has 0 radical (unpaired) electrons. The zero-order valence-electron chi connectivity index (χ0n) is 12.5. The van der Waals surface area contributed by atoms with Gasteiger partial charge in [0.1, 0.15) is 0 Å². The maximum Gasteiger partial charge on any atom is 0.273 e. The number of hydrogen-bond donors (Lipinski definition) is 2. The molecule has 1 amide bonds. The lowest BCUT2D eigenvalue weighted by Crippen LogP contribution is -2.49. The van der Waals surface area contributed by atoms with E-state index in [-0.39, 0.29) is 11.4 Å². The summed E-state index contributed by atoms with van der Waals surface area (Å²) in [5.74, 6) is -0.139. The molecule has 2 saturated heterocycles. The lowest BCUT2D eigenvalue weighted by Gasteiger charge is -2.34. The summed E-state index contributed by atoms with van der Waals surface area (Å²) in [7, 11) is 0. The molecule has 2 aliphatic heterocycles. The van der Waals surface area contributed by atoms with Gasteiger partial charge in [-0.2, -0.15) is 0 Å². The van der Waals surface area contributed by atoms with E-state index in [0.29, 0.717) is 24.9 Å². The fourth-order valence-electron chi connectivity index (χ4n) is 2.92. The third-order valence-corrected chi connectivity index (χ3v) is 4.44. The molecule has 0 aromatic carbocycles. The van der Waals surface area contributed by atoms with Gasteiger partial charge in [0, 0.05) is 18.8 Å². The molecular weight excluding hydrogens is 270 g/mol. The van der Waals surface area contributed by atoms with Crippen LogP contribution in [0.3, 0.4) is 0 Å². The summed E-state index contributed by atoms with van der Waals surface area (Å²) in [6.45, 7) is 5.43. The van der Waals surface area contributed by atoms with Crippen molar-refractivity contribution >= 4 is 5.91 Å². The topological polar surface area (TPSA) is 81.1 Å². The van der Waals surface area contributed by atoms with Crippen LogP contribution in [0.2, 0.25) is 0 Å². The summed E-state index contributed by atoms with van der Waals surface area (Å²) < 4.78 is 7.18. The molecule has 0 bridgehead atoms. The van der Waals surface area contributed by atoms with Crippen LogP contribution in [0, 0.1) is 0 Å². The smallest absolute Gasteiger partial charge is 0.273 e. The van der Waals surface area contributed by atoms with Gasteiger partial charge in [0.05, 0.1) is 12.2 Å². The van der Waals surface area contributed by atoms with Gasteiger partial charge in [-0.05, 0) is 45.7 Å². The van der Waals surface area contributed by atoms with Gasteiger partial charge >= 0.3 is 0 Å². The quantitative estimate of drug-likeness (QED) is 0.848. The van der Waals surface area contributed by atoms with E-state index in [1.54, 1.807) is 6.20 Å². The number of piperidine rings is 1. The number of nitrogens with one attached hydrogen (secondary N) is 2. The molecule has 0 spiro atoms. The first-order chi connectivity index (χ1) is 10.2. The Morgan fingerprint density at radius 1 is 1.43 bits per heavy atom. The van der Waals surface area contributed by atoms with Crippen LogP contribution < -0.4 is 10.6 Å². The van der Waals surface area contributed by atoms with Crippen molar-refractivity contribution in [2.45, 2.75) is 44.2 Å². The summed E-state index contributed by atoms with van der Waals surface area (Å²) >= 11 is 0. The highest BCUT2D eigenvalue weighted by atomic mass is 16.5. The van der Waals surface area contributed by atoms with E-state index in [0.717, 1.165) is 38.8 Å². The molecule has 0 aliphatic carbocycles. The van der Waals surface area contributed by atoms with Crippen LogP contribution in [0.15, 0.2) is 6.20 Å². The highest BCUT2D eigenvalue weighted by Gasteiger charge is 2.30. The summed E-state index contributed by atoms with van der Waals surface area (Å²) in [4.78, 5) is 12.3. The Morgan fingerprint density at radius 3 is 2.86 bits per heavy atom. The van der Waals surface area contributed by atoms with Gasteiger partial charge in [-0.3, -0.25) is 4.79 Å². The van der Waals surface area contributed by atoms with Gasteiger partial charge in [0.25, 0.3) is 5.91 Å². The molecule has 21 heavy (non-hydrogen) atoms. The molecule has 0 unspecified atom stereocenters. The van der Waals surface area contributed by atoms with E-state index >= 15 is 0 Å². The molecule has 0 saturated carbocycles. The van der Waals surface area contributed by atoms with Crippen LogP contribution in [0.5, 0.6) is 0 Å². The number of nitrogens with zero attached hydrogens (tertiary/aromatic N) is 3. The monoisotopic (exact) mass is 293 g/mol. The number of hydrogen-bond acceptors (Lipinski definition) is 5. The van der Waals surface area contributed by atoms with Crippen LogP contribution >= 0.6 is 0 Å². The van der Waals surface area contributed by atoms with Crippen molar-refractivity contribution in [3.8, 4) is 0 Å². The Labute approximate surface area is 124 Å². The van der Waals surface area contributed by atoms with E-state index in [1.807, 2.05) is 4.68 Å². The third kappa shape index (κ3) is 3.41. The van der Waals surface area contributed by atoms with Crippen molar-refractivity contribution in [3.63, 3.8) is 0 Å². The zero-order chi connectivity index (χ0) is 14.7. The number of ether oxygens (including phenoxy) is 1. The second-order valence-corrected chi connectivity index (χ2v) is 6.19. The Bertz CT molecular complexity index is 489. The Hall–Kier alpha value is -1.47. The van der Waals surface area contributed by atoms with Gasteiger partial charge in [0.2, 0.25) is 0 Å². The summed E-state index contributed by atoms with van der Waals surface area (Å²) in [5, 5.41) is 14.6. The summed E-state index contributed by atoms with van der Waals surface area (Å²) in [6, 6.07) is 0.346. The first-order valence-electron chi connectivity index (χ1n) is 7.69. The molecule has 2 N–H and O–H groups in total. The Morgan fingerprint density at radius 2 is 2.14 bits per heavy atom. The standard InChI is InChI=1S/C14H23N5O2/c1-14(4-8-21-9-5-14)16-13(20)12-10-19(18-17-12)11-2-6-15-7-3-11/h10-11,15H,2-9H2,1H3,(H,16,20). The van der Waals surface area contributed by atoms with Crippen LogP contribution in [0.4, 0.5) is 0 Å². The fourth-order valence-corrected chi connectivity index (χ4v) is 2.92. The molecular formula is C14H23N5O2. The molecule has 3 heterocycles. The summed E-state index contributed by atoms with van der Waals surface area (Å²) in [6.07, 6.45) is 5.50. The van der Waals surface area contributed by atoms with Gasteiger partial charge in [-0.25, -0.2) is 4.68 Å². The molecule has 1 aromatic heterocycles. The Kier molecular flexibility index (Phi) is 4.21. The van der Waals surface area contributed by atoms with E-state index < -0.39 is 0 Å². The highest BCUT2D eigenvalue weighted by molar-refractivity contribution is 5.92. The molecule has 2 aliphatic rings. The maximum atomic E-state index is 12.3. The average Bonchev–Trinajstić information content (AvgIpc) is 2.98. The van der Waals surface area contributed by atoms with Crippen molar-refractivity contribution in [2.24, 2.45) is 0 Å². The van der Waals surface area contributed by atoms with Crippen LogP contribution in [0.1, 0.15) is 49.1 Å². The van der Waals surface area contributed by atoms with Crippen molar-refractivity contribution in [3.05, 3.63) is 11.9 Å². The largest absolute Gasteiger partial charge is 0.381 e. The SMILES string of the molecule is CC1(NC(=O)c2cn(C3CCNCC3)nn2)CCOCC1. The number of rotatable bonds is 3. The number of carbonyl (C=O) groups excluding carboxylic acids is 1. The normalized spacial score (nSPS) is 22.9. The van der Waals surface area contributed by atoms with Crippen molar-refractivity contribution < 1.29 is 9.53 Å². The van der Waals surface area contributed by atoms with E-state index in [9.17, 15) is 4.79 Å². The first kappa shape index (κ1) is 14.5. The van der Waals surface area contributed by atoms with Gasteiger partial charge in [-0.1, -0.05) is 5.21 Å². The van der Waals surface area contributed by atoms with Gasteiger partial charge in [0.15, 0.2) is 5.69 Å². The molecule has 2 fully saturated rings. The lowest BCUT2D eigenvalue weighted by atomic mass is 9.92. The van der Waals surface area contributed by atoms with Gasteiger partial charge < -0.3 is 15.4 Å². The van der Waals surface area contributed by atoms with Gasteiger partial charge in [-0.15, -0.1) is 5.10 Å².